The van der Waals surface area contributed by atoms with Crippen LogP contribution in [0.15, 0.2) is 21.5 Å². The number of rotatable bonds is 21. The number of aliphatic hydroxyl groups is 1. The number of aliphatic hydroxyl groups excluding tert-OH is 1. The van der Waals surface area contributed by atoms with Crippen LogP contribution < -0.4 is 10.2 Å². The molecule has 1 rings (SSSR count). The highest BCUT2D eigenvalue weighted by Gasteiger charge is 2.03. The van der Waals surface area contributed by atoms with E-state index >= 15 is 0 Å². The second kappa shape index (κ2) is 19.7. The first-order valence-corrected chi connectivity index (χ1v) is 12.6. The molecule has 0 aromatic carbocycles. The van der Waals surface area contributed by atoms with E-state index in [4.69, 9.17) is 14.3 Å². The van der Waals surface area contributed by atoms with Crippen molar-refractivity contribution in [3.8, 4) is 5.95 Å². The van der Waals surface area contributed by atoms with E-state index in [1.54, 1.807) is 0 Å². The highest BCUT2D eigenvalue weighted by Crippen LogP contribution is 2.14. The molecule has 1 heterocycles. The number of hydrogen-bond acceptors (Lipinski definition) is 4. The third-order valence-corrected chi connectivity index (χ3v) is 5.80. The summed E-state index contributed by atoms with van der Waals surface area (Å²) in [6.45, 7) is 2.55. The average molecular weight is 423 g/mol. The van der Waals surface area contributed by atoms with Crippen molar-refractivity contribution in [3.63, 3.8) is 0 Å². The summed E-state index contributed by atoms with van der Waals surface area (Å²) in [4.78, 5) is 11.6. The van der Waals surface area contributed by atoms with Gasteiger partial charge in [-0.1, -0.05) is 116 Å². The van der Waals surface area contributed by atoms with Gasteiger partial charge in [-0.3, -0.25) is 4.79 Å². The molecule has 0 aliphatic carbocycles. The second-order valence-electron chi connectivity index (χ2n) is 8.61. The summed E-state index contributed by atoms with van der Waals surface area (Å²) in [5.41, 5.74) is 0.0204. The van der Waals surface area contributed by atoms with Gasteiger partial charge in [-0.05, 0) is 6.42 Å². The van der Waals surface area contributed by atoms with Crippen molar-refractivity contribution in [2.24, 2.45) is 0 Å². The second-order valence-corrected chi connectivity index (χ2v) is 8.61. The molecule has 0 fully saturated rings. The molecule has 1 aromatic heterocycles. The monoisotopic (exact) mass is 422 g/mol. The molecule has 30 heavy (non-hydrogen) atoms. The Bertz CT molecular complexity index is 552. The molecule has 0 aliphatic heterocycles. The van der Waals surface area contributed by atoms with E-state index in [1.165, 1.54) is 115 Å². The first-order valence-electron chi connectivity index (χ1n) is 12.6. The van der Waals surface area contributed by atoms with Crippen molar-refractivity contribution < 1.29 is 14.3 Å². The maximum atomic E-state index is 11.6. The third-order valence-electron chi connectivity index (χ3n) is 5.80. The summed E-state index contributed by atoms with van der Waals surface area (Å²) < 4.78 is 10.7. The van der Waals surface area contributed by atoms with Crippen LogP contribution in [0.3, 0.4) is 0 Å². The first-order chi connectivity index (χ1) is 14.8. The van der Waals surface area contributed by atoms with Gasteiger partial charge < -0.3 is 14.3 Å². The normalized spacial score (nSPS) is 11.1. The molecule has 0 spiro atoms. The Morgan fingerprint density at radius 3 is 1.57 bits per heavy atom. The van der Waals surface area contributed by atoms with Crippen LogP contribution in [-0.4, -0.2) is 11.7 Å². The predicted octanol–water partition coefficient (Wildman–Crippen LogP) is 7.55. The molecule has 0 unspecified atom stereocenters. The lowest BCUT2D eigenvalue weighted by atomic mass is 10.0. The number of ether oxygens (including phenoxy) is 1. The van der Waals surface area contributed by atoms with Gasteiger partial charge in [-0.15, -0.1) is 0 Å². The zero-order valence-corrected chi connectivity index (χ0v) is 19.5. The van der Waals surface area contributed by atoms with Crippen molar-refractivity contribution >= 4 is 0 Å². The van der Waals surface area contributed by atoms with Gasteiger partial charge in [-0.2, -0.15) is 0 Å². The molecule has 0 saturated carbocycles. The van der Waals surface area contributed by atoms with Crippen LogP contribution >= 0.6 is 0 Å². The third kappa shape index (κ3) is 14.7. The lowest BCUT2D eigenvalue weighted by Gasteiger charge is -2.05. The fourth-order valence-corrected chi connectivity index (χ4v) is 3.79. The van der Waals surface area contributed by atoms with Crippen LogP contribution in [0.5, 0.6) is 5.95 Å². The Morgan fingerprint density at radius 2 is 1.17 bits per heavy atom. The fourth-order valence-electron chi connectivity index (χ4n) is 3.79. The Morgan fingerprint density at radius 1 is 0.733 bits per heavy atom. The molecule has 0 atom stereocenters. The molecular formula is C26H46O4. The van der Waals surface area contributed by atoms with Crippen LogP contribution in [0.1, 0.15) is 128 Å². The molecule has 0 aliphatic rings. The highest BCUT2D eigenvalue weighted by molar-refractivity contribution is 5.13. The van der Waals surface area contributed by atoms with Crippen LogP contribution in [0.4, 0.5) is 0 Å². The molecule has 0 radical (unpaired) electrons. The first kappa shape index (κ1) is 26.7. The van der Waals surface area contributed by atoms with Crippen LogP contribution in [-0.2, 0) is 6.61 Å². The summed E-state index contributed by atoms with van der Waals surface area (Å²) in [6.07, 6.45) is 25.7. The molecule has 0 amide bonds. The zero-order chi connectivity index (χ0) is 21.7. The summed E-state index contributed by atoms with van der Waals surface area (Å²) >= 11 is 0. The van der Waals surface area contributed by atoms with Gasteiger partial charge in [-0.25, -0.2) is 0 Å². The number of hydrogen-bond donors (Lipinski definition) is 1. The van der Waals surface area contributed by atoms with Crippen molar-refractivity contribution in [1.82, 2.24) is 0 Å². The van der Waals surface area contributed by atoms with Gasteiger partial charge >= 0.3 is 0 Å². The van der Waals surface area contributed by atoms with Gasteiger partial charge in [0.25, 0.3) is 5.95 Å². The van der Waals surface area contributed by atoms with E-state index in [9.17, 15) is 4.79 Å². The topological polar surface area (TPSA) is 59.7 Å². The molecule has 0 saturated heterocycles. The molecule has 174 valence electrons. The maximum Gasteiger partial charge on any atom is 0.288 e. The van der Waals surface area contributed by atoms with E-state index < -0.39 is 0 Å². The van der Waals surface area contributed by atoms with Gasteiger partial charge in [0.15, 0.2) is 5.43 Å². The lowest BCUT2D eigenvalue weighted by molar-refractivity contribution is 0.224. The van der Waals surface area contributed by atoms with Gasteiger partial charge in [0.05, 0.1) is 24.8 Å². The van der Waals surface area contributed by atoms with E-state index in [0.717, 1.165) is 12.8 Å². The van der Waals surface area contributed by atoms with E-state index in [1.807, 2.05) is 0 Å². The van der Waals surface area contributed by atoms with Crippen LogP contribution in [0.25, 0.3) is 0 Å². The Balaban J connectivity index is 1.77. The smallest absolute Gasteiger partial charge is 0.288 e. The standard InChI is InChI=1S/C26H46O4/c1-2-3-4-5-6-7-8-9-10-11-12-13-14-15-16-17-18-19-20-29-26-21-25(28)24(22-27)23-30-26/h21,23,27H,2-20,22H2,1H3. The van der Waals surface area contributed by atoms with Crippen LogP contribution in [0.2, 0.25) is 0 Å². The van der Waals surface area contributed by atoms with E-state index in [2.05, 4.69) is 6.92 Å². The summed E-state index contributed by atoms with van der Waals surface area (Å²) in [5, 5.41) is 8.95. The van der Waals surface area contributed by atoms with E-state index in [-0.39, 0.29) is 23.5 Å². The quantitative estimate of drug-likeness (QED) is 0.208. The molecular weight excluding hydrogens is 376 g/mol. The SMILES string of the molecule is CCCCCCCCCCCCCCCCCCCCOc1cc(=O)c(CO)co1. The predicted molar refractivity (Wildman–Crippen MR) is 125 cm³/mol. The van der Waals surface area contributed by atoms with Gasteiger partial charge in [0.2, 0.25) is 0 Å². The van der Waals surface area contributed by atoms with Crippen molar-refractivity contribution in [3.05, 3.63) is 28.1 Å². The summed E-state index contributed by atoms with van der Waals surface area (Å²) in [6, 6.07) is 1.31. The maximum absolute atomic E-state index is 11.6. The fraction of sp³-hybridized carbons (Fsp3) is 0.808. The van der Waals surface area contributed by atoms with Crippen LogP contribution in [0, 0.1) is 0 Å². The summed E-state index contributed by atoms with van der Waals surface area (Å²) in [7, 11) is 0. The van der Waals surface area contributed by atoms with Crippen molar-refractivity contribution in [2.45, 2.75) is 129 Å². The minimum Gasteiger partial charge on any atom is -0.465 e. The molecule has 4 heteroatoms. The molecule has 1 aromatic rings. The van der Waals surface area contributed by atoms with Crippen molar-refractivity contribution in [1.29, 1.82) is 0 Å². The summed E-state index contributed by atoms with van der Waals surface area (Å²) in [5.74, 6) is 0.240. The largest absolute Gasteiger partial charge is 0.465 e. The Hall–Kier alpha value is -1.29. The van der Waals surface area contributed by atoms with Gasteiger partial charge in [0.1, 0.15) is 6.26 Å². The average Bonchev–Trinajstić information content (AvgIpc) is 2.75. The van der Waals surface area contributed by atoms with Crippen molar-refractivity contribution in [2.75, 3.05) is 6.61 Å². The number of unbranched alkanes of at least 4 members (excludes halogenated alkanes) is 17. The molecule has 0 bridgehead atoms. The molecule has 4 nitrogen and oxygen atoms in total. The lowest BCUT2D eigenvalue weighted by Crippen LogP contribution is -2.08. The minimum atomic E-state index is -0.304. The minimum absolute atomic E-state index is 0.239. The Labute approximate surface area is 184 Å². The van der Waals surface area contributed by atoms with Gasteiger partial charge in [0, 0.05) is 0 Å². The Kier molecular flexibility index (Phi) is 17.5. The zero-order valence-electron chi connectivity index (χ0n) is 19.5. The highest BCUT2D eigenvalue weighted by atomic mass is 16.6. The van der Waals surface area contributed by atoms with E-state index in [0.29, 0.717) is 6.61 Å². The molecule has 1 N–H and O–H groups in total.